The van der Waals surface area contributed by atoms with Gasteiger partial charge in [0.15, 0.2) is 0 Å². The van der Waals surface area contributed by atoms with E-state index >= 15 is 0 Å². The van der Waals surface area contributed by atoms with Crippen LogP contribution in [-0.2, 0) is 0 Å². The zero-order chi connectivity index (χ0) is 19.4. The SMILES string of the molecule is Cc1cc(C)cc(N=C(NC(=O)c2ccc(F)cc2)N2CCN(C)CC2)c1. The average molecular weight is 368 g/mol. The molecule has 1 saturated heterocycles. The van der Waals surface area contributed by atoms with E-state index in [1.807, 2.05) is 26.0 Å². The number of likely N-dealkylation sites (N-methyl/N-ethyl adjacent to an activating group) is 1. The molecule has 142 valence electrons. The number of nitrogens with zero attached hydrogens (tertiary/aromatic N) is 3. The third-order valence-electron chi connectivity index (χ3n) is 4.58. The maximum atomic E-state index is 13.1. The first-order chi connectivity index (χ1) is 12.9. The topological polar surface area (TPSA) is 47.9 Å². The Hall–Kier alpha value is -2.73. The molecule has 27 heavy (non-hydrogen) atoms. The Morgan fingerprint density at radius 1 is 1.00 bits per heavy atom. The molecule has 2 aromatic carbocycles. The summed E-state index contributed by atoms with van der Waals surface area (Å²) >= 11 is 0. The molecule has 3 rings (SSSR count). The number of rotatable bonds is 2. The zero-order valence-electron chi connectivity index (χ0n) is 16.0. The highest BCUT2D eigenvalue weighted by Crippen LogP contribution is 2.18. The van der Waals surface area contributed by atoms with Gasteiger partial charge < -0.3 is 9.80 Å². The van der Waals surface area contributed by atoms with Crippen LogP contribution in [0.2, 0.25) is 0 Å². The predicted octanol–water partition coefficient (Wildman–Crippen LogP) is 3.11. The highest BCUT2D eigenvalue weighted by Gasteiger charge is 2.20. The Bertz CT molecular complexity index is 820. The van der Waals surface area contributed by atoms with E-state index < -0.39 is 0 Å². The summed E-state index contributed by atoms with van der Waals surface area (Å²) < 4.78 is 13.1. The molecule has 2 aromatic rings. The Morgan fingerprint density at radius 2 is 1.59 bits per heavy atom. The fourth-order valence-electron chi connectivity index (χ4n) is 3.11. The standard InChI is InChI=1S/C21H25FN4O/c1-15-12-16(2)14-19(13-15)23-21(26-10-8-25(3)9-11-26)24-20(27)17-4-6-18(22)7-5-17/h4-7,12-14H,8-11H2,1-3H3,(H,23,24,27). The molecule has 0 unspecified atom stereocenters. The second kappa shape index (κ2) is 8.31. The number of hydrogen-bond acceptors (Lipinski definition) is 3. The smallest absolute Gasteiger partial charge is 0.257 e. The van der Waals surface area contributed by atoms with Crippen molar-refractivity contribution in [3.63, 3.8) is 0 Å². The maximum Gasteiger partial charge on any atom is 0.257 e. The van der Waals surface area contributed by atoms with Crippen molar-refractivity contribution >= 4 is 17.6 Å². The number of carbonyl (C=O) groups is 1. The first-order valence-corrected chi connectivity index (χ1v) is 9.08. The van der Waals surface area contributed by atoms with Gasteiger partial charge in [0.1, 0.15) is 5.82 Å². The molecule has 1 aliphatic heterocycles. The molecule has 0 aromatic heterocycles. The Labute approximate surface area is 159 Å². The van der Waals surface area contributed by atoms with Gasteiger partial charge in [-0.1, -0.05) is 6.07 Å². The number of benzene rings is 2. The Morgan fingerprint density at radius 3 is 2.19 bits per heavy atom. The molecule has 1 aliphatic rings. The van der Waals surface area contributed by atoms with Crippen LogP contribution in [0.4, 0.5) is 10.1 Å². The molecular formula is C21H25FN4O. The van der Waals surface area contributed by atoms with Gasteiger partial charge in [-0.15, -0.1) is 0 Å². The van der Waals surface area contributed by atoms with Gasteiger partial charge in [-0.05, 0) is 68.4 Å². The van der Waals surface area contributed by atoms with Gasteiger partial charge in [0.05, 0.1) is 5.69 Å². The second-order valence-electron chi connectivity index (χ2n) is 7.03. The van der Waals surface area contributed by atoms with Crippen molar-refractivity contribution in [3.05, 3.63) is 65.0 Å². The molecule has 1 amide bonds. The van der Waals surface area contributed by atoms with Crippen LogP contribution in [0.5, 0.6) is 0 Å². The van der Waals surface area contributed by atoms with Crippen LogP contribution in [0.1, 0.15) is 21.5 Å². The summed E-state index contributed by atoms with van der Waals surface area (Å²) in [7, 11) is 2.08. The van der Waals surface area contributed by atoms with Gasteiger partial charge in [-0.25, -0.2) is 9.38 Å². The molecule has 5 nitrogen and oxygen atoms in total. The van der Waals surface area contributed by atoms with E-state index in [-0.39, 0.29) is 11.7 Å². The first kappa shape index (κ1) is 19.0. The van der Waals surface area contributed by atoms with Gasteiger partial charge in [0, 0.05) is 31.7 Å². The molecule has 1 heterocycles. The van der Waals surface area contributed by atoms with Crippen LogP contribution >= 0.6 is 0 Å². The minimum absolute atomic E-state index is 0.294. The van der Waals surface area contributed by atoms with E-state index in [2.05, 4.69) is 28.2 Å². The molecular weight excluding hydrogens is 343 g/mol. The number of halogens is 1. The molecule has 1 N–H and O–H groups in total. The zero-order valence-corrected chi connectivity index (χ0v) is 16.0. The molecule has 0 radical (unpaired) electrons. The number of amides is 1. The summed E-state index contributed by atoms with van der Waals surface area (Å²) in [6.07, 6.45) is 0. The predicted molar refractivity (Wildman–Crippen MR) is 106 cm³/mol. The summed E-state index contributed by atoms with van der Waals surface area (Å²) in [5.74, 6) is -0.130. The number of guanidine groups is 1. The van der Waals surface area contributed by atoms with Crippen molar-refractivity contribution in [3.8, 4) is 0 Å². The van der Waals surface area contributed by atoms with E-state index in [9.17, 15) is 9.18 Å². The van der Waals surface area contributed by atoms with Gasteiger partial charge in [0.25, 0.3) is 5.91 Å². The van der Waals surface area contributed by atoms with Crippen molar-refractivity contribution in [1.82, 2.24) is 15.1 Å². The van der Waals surface area contributed by atoms with E-state index in [0.717, 1.165) is 43.0 Å². The van der Waals surface area contributed by atoms with Crippen LogP contribution in [-0.4, -0.2) is 54.9 Å². The summed E-state index contributed by atoms with van der Waals surface area (Å²) in [6.45, 7) is 7.42. The van der Waals surface area contributed by atoms with Crippen molar-refractivity contribution in [2.75, 3.05) is 33.2 Å². The fourth-order valence-corrected chi connectivity index (χ4v) is 3.11. The maximum absolute atomic E-state index is 13.1. The third kappa shape index (κ3) is 5.14. The summed E-state index contributed by atoms with van der Waals surface area (Å²) in [5, 5.41) is 2.92. The molecule has 0 bridgehead atoms. The molecule has 0 saturated carbocycles. The lowest BCUT2D eigenvalue weighted by Crippen LogP contribution is -2.52. The lowest BCUT2D eigenvalue weighted by Gasteiger charge is -2.34. The molecule has 0 spiro atoms. The monoisotopic (exact) mass is 368 g/mol. The summed E-state index contributed by atoms with van der Waals surface area (Å²) in [6, 6.07) is 11.6. The van der Waals surface area contributed by atoms with Crippen molar-refractivity contribution in [2.45, 2.75) is 13.8 Å². The van der Waals surface area contributed by atoms with Crippen molar-refractivity contribution < 1.29 is 9.18 Å². The van der Waals surface area contributed by atoms with E-state index in [1.54, 1.807) is 0 Å². The highest BCUT2D eigenvalue weighted by atomic mass is 19.1. The number of carbonyl (C=O) groups excluding carboxylic acids is 1. The second-order valence-corrected chi connectivity index (χ2v) is 7.03. The van der Waals surface area contributed by atoms with Crippen molar-refractivity contribution in [2.24, 2.45) is 4.99 Å². The van der Waals surface area contributed by atoms with Gasteiger partial charge in [-0.3, -0.25) is 10.1 Å². The average Bonchev–Trinajstić information content (AvgIpc) is 2.61. The molecule has 6 heteroatoms. The Balaban J connectivity index is 1.88. The van der Waals surface area contributed by atoms with Gasteiger partial charge in [-0.2, -0.15) is 0 Å². The summed E-state index contributed by atoms with van der Waals surface area (Å²) in [4.78, 5) is 21.7. The quantitative estimate of drug-likeness (QED) is 0.655. The fraction of sp³-hybridized carbons (Fsp3) is 0.333. The Kier molecular flexibility index (Phi) is 5.86. The van der Waals surface area contributed by atoms with Crippen LogP contribution in [0.25, 0.3) is 0 Å². The number of nitrogens with one attached hydrogen (secondary N) is 1. The minimum atomic E-state index is -0.366. The van der Waals surface area contributed by atoms with Crippen LogP contribution in [0.3, 0.4) is 0 Å². The summed E-state index contributed by atoms with van der Waals surface area (Å²) in [5.41, 5.74) is 3.45. The van der Waals surface area contributed by atoms with Gasteiger partial charge in [0.2, 0.25) is 5.96 Å². The molecule has 0 aliphatic carbocycles. The van der Waals surface area contributed by atoms with E-state index in [1.165, 1.54) is 24.3 Å². The number of aryl methyl sites for hydroxylation is 2. The third-order valence-corrected chi connectivity index (χ3v) is 4.58. The van der Waals surface area contributed by atoms with Crippen molar-refractivity contribution in [1.29, 1.82) is 0 Å². The van der Waals surface area contributed by atoms with Crippen LogP contribution < -0.4 is 5.32 Å². The van der Waals surface area contributed by atoms with E-state index in [4.69, 9.17) is 4.99 Å². The largest absolute Gasteiger partial charge is 0.340 e. The normalized spacial score (nSPS) is 15.7. The lowest BCUT2D eigenvalue weighted by atomic mass is 10.1. The molecule has 1 fully saturated rings. The van der Waals surface area contributed by atoms with Gasteiger partial charge >= 0.3 is 0 Å². The lowest BCUT2D eigenvalue weighted by molar-refractivity contribution is 0.0969. The highest BCUT2D eigenvalue weighted by molar-refractivity contribution is 6.06. The van der Waals surface area contributed by atoms with E-state index in [0.29, 0.717) is 11.5 Å². The number of aliphatic imine (C=N–C) groups is 1. The number of piperazine rings is 1. The molecule has 0 atom stereocenters. The number of hydrogen-bond donors (Lipinski definition) is 1. The minimum Gasteiger partial charge on any atom is -0.340 e. The van der Waals surface area contributed by atoms with Crippen LogP contribution in [0, 0.1) is 19.7 Å². The van der Waals surface area contributed by atoms with Crippen LogP contribution in [0.15, 0.2) is 47.5 Å². The first-order valence-electron chi connectivity index (χ1n) is 9.08.